The van der Waals surface area contributed by atoms with Gasteiger partial charge in [-0.15, -0.1) is 11.8 Å². The number of halogens is 1. The molecule has 34 heavy (non-hydrogen) atoms. The lowest BCUT2D eigenvalue weighted by molar-refractivity contribution is -0.132. The smallest absolute Gasteiger partial charge is 0.292 e. The average molecular weight is 496 g/mol. The van der Waals surface area contributed by atoms with Crippen LogP contribution in [0, 0.1) is 0 Å². The summed E-state index contributed by atoms with van der Waals surface area (Å²) in [7, 11) is 0. The number of piperazine rings is 1. The molecule has 2 amide bonds. The SMILES string of the molecule is O=C1Nc2ccccc2SC1CC(=O)N1CCN(c2cnn(-c3ccccc3)c(=O)c2Cl)CC1. The number of fused-ring (bicyclic) bond motifs is 1. The van der Waals surface area contributed by atoms with Crippen molar-refractivity contribution in [2.45, 2.75) is 16.6 Å². The number of amides is 2. The van der Waals surface area contributed by atoms with Gasteiger partial charge >= 0.3 is 0 Å². The number of para-hydroxylation sites is 2. The van der Waals surface area contributed by atoms with E-state index in [1.54, 1.807) is 23.2 Å². The Morgan fingerprint density at radius 2 is 1.74 bits per heavy atom. The van der Waals surface area contributed by atoms with E-state index in [2.05, 4.69) is 10.4 Å². The number of rotatable bonds is 4. The molecule has 5 rings (SSSR count). The molecule has 3 heterocycles. The van der Waals surface area contributed by atoms with Crippen LogP contribution in [0.5, 0.6) is 0 Å². The van der Waals surface area contributed by atoms with Crippen molar-refractivity contribution in [3.63, 3.8) is 0 Å². The molecule has 1 aromatic heterocycles. The zero-order valence-electron chi connectivity index (χ0n) is 18.2. The van der Waals surface area contributed by atoms with Crippen LogP contribution < -0.4 is 15.8 Å². The summed E-state index contributed by atoms with van der Waals surface area (Å²) in [5.74, 6) is -0.206. The van der Waals surface area contributed by atoms with E-state index in [9.17, 15) is 14.4 Å². The first-order valence-corrected chi connectivity index (χ1v) is 12.2. The lowest BCUT2D eigenvalue weighted by Crippen LogP contribution is -2.50. The van der Waals surface area contributed by atoms with Crippen LogP contribution in [0.2, 0.25) is 5.02 Å². The van der Waals surface area contributed by atoms with Crippen LogP contribution in [-0.2, 0) is 9.59 Å². The first-order valence-electron chi connectivity index (χ1n) is 10.9. The Balaban J connectivity index is 1.22. The normalized spacial score (nSPS) is 17.8. The Hall–Kier alpha value is -3.30. The summed E-state index contributed by atoms with van der Waals surface area (Å²) in [5.41, 5.74) is 1.60. The van der Waals surface area contributed by atoms with Crippen LogP contribution in [0.4, 0.5) is 11.4 Å². The van der Waals surface area contributed by atoms with Crippen molar-refractivity contribution in [3.05, 3.63) is 76.2 Å². The Kier molecular flexibility index (Phi) is 6.30. The Morgan fingerprint density at radius 3 is 2.50 bits per heavy atom. The van der Waals surface area contributed by atoms with E-state index in [0.717, 1.165) is 10.6 Å². The summed E-state index contributed by atoms with van der Waals surface area (Å²) in [5, 5.41) is 6.83. The van der Waals surface area contributed by atoms with Gasteiger partial charge in [-0.25, -0.2) is 0 Å². The molecule has 174 valence electrons. The summed E-state index contributed by atoms with van der Waals surface area (Å²) in [4.78, 5) is 42.8. The summed E-state index contributed by atoms with van der Waals surface area (Å²) >= 11 is 7.85. The van der Waals surface area contributed by atoms with Crippen LogP contribution in [-0.4, -0.2) is 57.9 Å². The minimum absolute atomic E-state index is 0.0598. The third-order valence-electron chi connectivity index (χ3n) is 5.94. The van der Waals surface area contributed by atoms with Crippen LogP contribution in [0.3, 0.4) is 0 Å². The molecule has 3 aromatic rings. The lowest BCUT2D eigenvalue weighted by Gasteiger charge is -2.36. The quantitative estimate of drug-likeness (QED) is 0.598. The molecule has 0 aliphatic carbocycles. The largest absolute Gasteiger partial charge is 0.365 e. The molecular formula is C24H22ClN5O3S. The Morgan fingerprint density at radius 1 is 1.03 bits per heavy atom. The van der Waals surface area contributed by atoms with E-state index in [1.807, 2.05) is 47.4 Å². The second kappa shape index (κ2) is 9.52. The van der Waals surface area contributed by atoms with Crippen molar-refractivity contribution >= 4 is 46.6 Å². The number of thioether (sulfide) groups is 1. The van der Waals surface area contributed by atoms with Gasteiger partial charge < -0.3 is 15.1 Å². The van der Waals surface area contributed by atoms with Crippen LogP contribution in [0.15, 0.2) is 70.5 Å². The molecule has 2 aliphatic heterocycles. The standard InChI is InChI=1S/C24H22ClN5O3S/c25-22-18(15-26-30(24(22)33)16-6-2-1-3-7-16)28-10-12-29(13-11-28)21(31)14-20-23(32)27-17-8-4-5-9-19(17)34-20/h1-9,15,20H,10-14H2,(H,27,32). The first-order chi connectivity index (χ1) is 16.5. The first kappa shape index (κ1) is 22.5. The highest BCUT2D eigenvalue weighted by molar-refractivity contribution is 8.01. The molecule has 1 saturated heterocycles. The highest BCUT2D eigenvalue weighted by atomic mass is 35.5. The Bertz CT molecular complexity index is 1290. The van der Waals surface area contributed by atoms with Gasteiger partial charge in [0.1, 0.15) is 5.02 Å². The van der Waals surface area contributed by atoms with Gasteiger partial charge in [0.05, 0.1) is 28.5 Å². The highest BCUT2D eigenvalue weighted by Gasteiger charge is 2.32. The van der Waals surface area contributed by atoms with Crippen LogP contribution in [0.25, 0.3) is 5.69 Å². The molecule has 0 bridgehead atoms. The number of hydrogen-bond acceptors (Lipinski definition) is 6. The maximum absolute atomic E-state index is 12.9. The summed E-state index contributed by atoms with van der Waals surface area (Å²) in [6, 6.07) is 16.7. The van der Waals surface area contributed by atoms with Gasteiger partial charge in [-0.05, 0) is 24.3 Å². The topological polar surface area (TPSA) is 87.5 Å². The summed E-state index contributed by atoms with van der Waals surface area (Å²) in [6.45, 7) is 2.00. The fraction of sp³-hybridized carbons (Fsp3) is 0.250. The summed E-state index contributed by atoms with van der Waals surface area (Å²) in [6.07, 6.45) is 1.73. The van der Waals surface area contributed by atoms with Gasteiger partial charge in [-0.1, -0.05) is 41.9 Å². The minimum atomic E-state index is -0.454. The van der Waals surface area contributed by atoms with E-state index >= 15 is 0 Å². The molecule has 8 nitrogen and oxygen atoms in total. The van der Waals surface area contributed by atoms with Gasteiger partial charge in [0.2, 0.25) is 11.8 Å². The highest BCUT2D eigenvalue weighted by Crippen LogP contribution is 2.37. The number of anilines is 2. The monoisotopic (exact) mass is 495 g/mol. The van der Waals surface area contributed by atoms with Gasteiger partial charge in [0, 0.05) is 37.5 Å². The summed E-state index contributed by atoms with van der Waals surface area (Å²) < 4.78 is 1.27. The minimum Gasteiger partial charge on any atom is -0.365 e. The molecule has 1 N–H and O–H groups in total. The molecule has 1 unspecified atom stereocenters. The van der Waals surface area contributed by atoms with Crippen LogP contribution >= 0.6 is 23.4 Å². The van der Waals surface area contributed by atoms with E-state index in [4.69, 9.17) is 11.6 Å². The number of benzene rings is 2. The van der Waals surface area contributed by atoms with Crippen molar-refractivity contribution in [2.75, 3.05) is 36.4 Å². The van der Waals surface area contributed by atoms with E-state index < -0.39 is 5.25 Å². The molecule has 1 fully saturated rings. The third kappa shape index (κ3) is 4.41. The molecule has 2 aliphatic rings. The van der Waals surface area contributed by atoms with Crippen LogP contribution in [0.1, 0.15) is 6.42 Å². The second-order valence-electron chi connectivity index (χ2n) is 8.06. The van der Waals surface area contributed by atoms with Crippen molar-refractivity contribution in [1.82, 2.24) is 14.7 Å². The van der Waals surface area contributed by atoms with Gasteiger partial charge in [-0.3, -0.25) is 14.4 Å². The molecule has 0 spiro atoms. The fourth-order valence-electron chi connectivity index (χ4n) is 4.11. The molecule has 0 saturated carbocycles. The number of hydrogen-bond donors (Lipinski definition) is 1. The molecule has 0 radical (unpaired) electrons. The number of carbonyl (C=O) groups is 2. The predicted octanol–water partition coefficient (Wildman–Crippen LogP) is 3.04. The van der Waals surface area contributed by atoms with Crippen molar-refractivity contribution in [1.29, 1.82) is 0 Å². The van der Waals surface area contributed by atoms with E-state index in [1.165, 1.54) is 16.4 Å². The number of nitrogens with one attached hydrogen (secondary N) is 1. The molecule has 10 heteroatoms. The van der Waals surface area contributed by atoms with Crippen molar-refractivity contribution in [2.24, 2.45) is 0 Å². The maximum atomic E-state index is 12.9. The maximum Gasteiger partial charge on any atom is 0.292 e. The van der Waals surface area contributed by atoms with Gasteiger partial charge in [0.15, 0.2) is 0 Å². The molecule has 2 aromatic carbocycles. The number of carbonyl (C=O) groups excluding carboxylic acids is 2. The molecular weight excluding hydrogens is 474 g/mol. The van der Waals surface area contributed by atoms with E-state index in [0.29, 0.717) is 37.6 Å². The number of aromatic nitrogens is 2. The van der Waals surface area contributed by atoms with Crippen molar-refractivity contribution in [3.8, 4) is 5.69 Å². The average Bonchev–Trinajstić information content (AvgIpc) is 2.87. The lowest BCUT2D eigenvalue weighted by atomic mass is 10.2. The number of nitrogens with zero attached hydrogens (tertiary/aromatic N) is 4. The predicted molar refractivity (Wildman–Crippen MR) is 133 cm³/mol. The fourth-order valence-corrected chi connectivity index (χ4v) is 5.46. The Labute approximate surface area is 205 Å². The third-order valence-corrected chi connectivity index (χ3v) is 7.57. The second-order valence-corrected chi connectivity index (χ2v) is 9.68. The van der Waals surface area contributed by atoms with Gasteiger partial charge in [-0.2, -0.15) is 9.78 Å². The van der Waals surface area contributed by atoms with Crippen molar-refractivity contribution < 1.29 is 9.59 Å². The molecule has 1 atom stereocenters. The zero-order chi connectivity index (χ0) is 23.7. The zero-order valence-corrected chi connectivity index (χ0v) is 19.8. The van der Waals surface area contributed by atoms with Gasteiger partial charge in [0.25, 0.3) is 5.56 Å². The van der Waals surface area contributed by atoms with E-state index in [-0.39, 0.29) is 28.8 Å².